The van der Waals surface area contributed by atoms with Crippen LogP contribution in [0.3, 0.4) is 0 Å². The first-order valence-electron chi connectivity index (χ1n) is 10.6. The molecule has 0 spiro atoms. The van der Waals surface area contributed by atoms with Gasteiger partial charge in [-0.1, -0.05) is 0 Å². The highest BCUT2D eigenvalue weighted by Gasteiger charge is 2.21. The van der Waals surface area contributed by atoms with Crippen LogP contribution in [-0.2, 0) is 19.3 Å². The van der Waals surface area contributed by atoms with Crippen LogP contribution in [-0.4, -0.2) is 34.1 Å². The van der Waals surface area contributed by atoms with E-state index in [1.54, 1.807) is 17.3 Å². The number of amides is 2. The van der Waals surface area contributed by atoms with Crippen molar-refractivity contribution >= 4 is 22.6 Å². The second kappa shape index (κ2) is 8.27. The largest absolute Gasteiger partial charge is 0.342 e. The number of nitrogens with one attached hydrogen (secondary N) is 1. The van der Waals surface area contributed by atoms with Crippen molar-refractivity contribution in [2.45, 2.75) is 52.0 Å². The van der Waals surface area contributed by atoms with Crippen LogP contribution in [0.5, 0.6) is 0 Å². The van der Waals surface area contributed by atoms with E-state index in [0.29, 0.717) is 12.6 Å². The van der Waals surface area contributed by atoms with Crippen LogP contribution in [0.2, 0.25) is 0 Å². The van der Waals surface area contributed by atoms with E-state index in [1.807, 2.05) is 25.2 Å². The molecule has 0 unspecified atom stereocenters. The highest BCUT2D eigenvalue weighted by molar-refractivity contribution is 5.94. The summed E-state index contributed by atoms with van der Waals surface area (Å²) in [6, 6.07) is 10.7. The molecule has 1 aliphatic carbocycles. The van der Waals surface area contributed by atoms with Gasteiger partial charge in [0.1, 0.15) is 0 Å². The monoisotopic (exact) mass is 390 g/mol. The Labute approximate surface area is 172 Å². The van der Waals surface area contributed by atoms with E-state index in [0.717, 1.165) is 24.9 Å². The number of hydrogen-bond donors (Lipinski definition) is 1. The molecular weight excluding hydrogens is 360 g/mol. The third-order valence-corrected chi connectivity index (χ3v) is 5.91. The summed E-state index contributed by atoms with van der Waals surface area (Å²) in [5, 5.41) is 4.38. The number of aryl methyl sites for hydroxylation is 1. The van der Waals surface area contributed by atoms with E-state index in [2.05, 4.69) is 40.8 Å². The third-order valence-electron chi connectivity index (χ3n) is 5.91. The number of carbonyl (C=O) groups excluding carboxylic acids is 1. The summed E-state index contributed by atoms with van der Waals surface area (Å²) in [6.07, 6.45) is 9.19. The fourth-order valence-corrected chi connectivity index (χ4v) is 4.41. The molecule has 1 N–H and O–H groups in total. The van der Waals surface area contributed by atoms with Crippen molar-refractivity contribution in [3.05, 3.63) is 59.5 Å². The van der Waals surface area contributed by atoms with Crippen LogP contribution in [0.4, 0.5) is 10.5 Å². The van der Waals surface area contributed by atoms with Crippen LogP contribution in [0, 0.1) is 0 Å². The average Bonchev–Trinajstić information content (AvgIpc) is 3.07. The van der Waals surface area contributed by atoms with E-state index in [-0.39, 0.29) is 6.03 Å². The Hall–Kier alpha value is -2.82. The maximum Gasteiger partial charge on any atom is 0.321 e. The minimum Gasteiger partial charge on any atom is -0.342 e. The molecule has 0 radical (unpaired) electrons. The Morgan fingerprint density at radius 1 is 1.17 bits per heavy atom. The summed E-state index contributed by atoms with van der Waals surface area (Å²) in [7, 11) is 1.84. The molecule has 2 heterocycles. The molecule has 1 aromatic carbocycles. The summed E-state index contributed by atoms with van der Waals surface area (Å²) < 4.78 is 2.48. The zero-order valence-electron chi connectivity index (χ0n) is 17.6. The first-order valence-corrected chi connectivity index (χ1v) is 10.6. The molecular formula is C24H30N4O. The van der Waals surface area contributed by atoms with Crippen molar-refractivity contribution in [1.82, 2.24) is 14.5 Å². The summed E-state index contributed by atoms with van der Waals surface area (Å²) in [5.74, 6) is 0. The van der Waals surface area contributed by atoms with Gasteiger partial charge in [-0.3, -0.25) is 4.98 Å². The SMILES string of the molecule is CC(C)n1c2c(c3cc(NC(=O)N(C)CCc4ccncc4)ccc31)CCCC2. The molecule has 0 bridgehead atoms. The number of hydrogen-bond acceptors (Lipinski definition) is 2. The van der Waals surface area contributed by atoms with Gasteiger partial charge in [-0.15, -0.1) is 0 Å². The Kier molecular flexibility index (Phi) is 5.56. The lowest BCUT2D eigenvalue weighted by Gasteiger charge is -2.18. The lowest BCUT2D eigenvalue weighted by molar-refractivity contribution is 0.223. The number of aromatic nitrogens is 2. The normalized spacial score (nSPS) is 13.5. The van der Waals surface area contributed by atoms with Crippen LogP contribution in [0.15, 0.2) is 42.7 Å². The molecule has 0 fully saturated rings. The molecule has 152 valence electrons. The number of carbonyl (C=O) groups is 1. The summed E-state index contributed by atoms with van der Waals surface area (Å²) in [6.45, 7) is 5.17. The molecule has 29 heavy (non-hydrogen) atoms. The van der Waals surface area contributed by atoms with Gasteiger partial charge in [0.2, 0.25) is 0 Å². The molecule has 1 aliphatic rings. The molecule has 2 amide bonds. The highest BCUT2D eigenvalue weighted by atomic mass is 16.2. The fraction of sp³-hybridized carbons (Fsp3) is 0.417. The Morgan fingerprint density at radius 2 is 1.93 bits per heavy atom. The van der Waals surface area contributed by atoms with Gasteiger partial charge in [0, 0.05) is 54.3 Å². The molecule has 5 nitrogen and oxygen atoms in total. The van der Waals surface area contributed by atoms with Crippen LogP contribution in [0.1, 0.15) is 49.6 Å². The van der Waals surface area contributed by atoms with E-state index < -0.39 is 0 Å². The predicted octanol–water partition coefficient (Wildman–Crippen LogP) is 5.20. The van der Waals surface area contributed by atoms with Crippen molar-refractivity contribution in [3.8, 4) is 0 Å². The van der Waals surface area contributed by atoms with Gasteiger partial charge in [0.15, 0.2) is 0 Å². The van der Waals surface area contributed by atoms with E-state index in [1.165, 1.54) is 40.6 Å². The van der Waals surface area contributed by atoms with E-state index >= 15 is 0 Å². The van der Waals surface area contributed by atoms with Crippen molar-refractivity contribution in [2.75, 3.05) is 18.9 Å². The number of benzene rings is 1. The zero-order chi connectivity index (χ0) is 20.4. The first-order chi connectivity index (χ1) is 14.0. The van der Waals surface area contributed by atoms with Crippen molar-refractivity contribution in [1.29, 1.82) is 0 Å². The Bertz CT molecular complexity index is 1010. The molecule has 5 heteroatoms. The number of rotatable bonds is 5. The Morgan fingerprint density at radius 3 is 2.69 bits per heavy atom. The summed E-state index contributed by atoms with van der Waals surface area (Å²) in [4.78, 5) is 18.4. The third kappa shape index (κ3) is 4.00. The lowest BCUT2D eigenvalue weighted by atomic mass is 9.95. The van der Waals surface area contributed by atoms with E-state index in [4.69, 9.17) is 0 Å². The number of anilines is 1. The van der Waals surface area contributed by atoms with Gasteiger partial charge < -0.3 is 14.8 Å². The quantitative estimate of drug-likeness (QED) is 0.651. The second-order valence-electron chi connectivity index (χ2n) is 8.29. The Balaban J connectivity index is 1.51. The minimum absolute atomic E-state index is 0.0736. The lowest BCUT2D eigenvalue weighted by Crippen LogP contribution is -2.32. The molecule has 0 saturated heterocycles. The van der Waals surface area contributed by atoms with E-state index in [9.17, 15) is 4.79 Å². The van der Waals surface area contributed by atoms with Gasteiger partial charge >= 0.3 is 6.03 Å². The number of urea groups is 1. The molecule has 0 atom stereocenters. The number of likely N-dealkylation sites (N-methyl/N-ethyl adjacent to an activating group) is 1. The van der Waals surface area contributed by atoms with Crippen LogP contribution in [0.25, 0.3) is 10.9 Å². The summed E-state index contributed by atoms with van der Waals surface area (Å²) in [5.41, 5.74) is 6.30. The first kappa shape index (κ1) is 19.5. The maximum atomic E-state index is 12.7. The van der Waals surface area contributed by atoms with Gasteiger partial charge in [0.05, 0.1) is 0 Å². The van der Waals surface area contributed by atoms with Crippen molar-refractivity contribution < 1.29 is 4.79 Å². The highest BCUT2D eigenvalue weighted by Crippen LogP contribution is 2.35. The molecule has 0 saturated carbocycles. The smallest absolute Gasteiger partial charge is 0.321 e. The number of pyridine rings is 1. The maximum absolute atomic E-state index is 12.7. The minimum atomic E-state index is -0.0736. The van der Waals surface area contributed by atoms with Crippen molar-refractivity contribution in [3.63, 3.8) is 0 Å². The molecule has 0 aliphatic heterocycles. The van der Waals surface area contributed by atoms with Crippen LogP contribution >= 0.6 is 0 Å². The number of nitrogens with zero attached hydrogens (tertiary/aromatic N) is 3. The average molecular weight is 391 g/mol. The van der Waals surface area contributed by atoms with Crippen LogP contribution < -0.4 is 5.32 Å². The fourth-order valence-electron chi connectivity index (χ4n) is 4.41. The standard InChI is InChI=1S/C24H30N4O/c1-17(2)28-22-7-5-4-6-20(22)21-16-19(8-9-23(21)28)26-24(29)27(3)15-12-18-10-13-25-14-11-18/h8-11,13-14,16-17H,4-7,12,15H2,1-3H3,(H,26,29). The van der Waals surface area contributed by atoms with Gasteiger partial charge in [-0.05, 0) is 87.4 Å². The topological polar surface area (TPSA) is 50.2 Å². The second-order valence-corrected chi connectivity index (χ2v) is 8.29. The summed E-state index contributed by atoms with van der Waals surface area (Å²) >= 11 is 0. The predicted molar refractivity (Wildman–Crippen MR) is 119 cm³/mol. The van der Waals surface area contributed by atoms with Gasteiger partial charge in [-0.25, -0.2) is 4.79 Å². The van der Waals surface area contributed by atoms with Gasteiger partial charge in [0.25, 0.3) is 0 Å². The van der Waals surface area contributed by atoms with Crippen molar-refractivity contribution in [2.24, 2.45) is 0 Å². The van der Waals surface area contributed by atoms with Gasteiger partial charge in [-0.2, -0.15) is 0 Å². The number of fused-ring (bicyclic) bond motifs is 3. The zero-order valence-corrected chi connectivity index (χ0v) is 17.6. The molecule has 3 aromatic rings. The molecule has 2 aromatic heterocycles. The molecule has 4 rings (SSSR count).